The van der Waals surface area contributed by atoms with E-state index < -0.39 is 0 Å². The van der Waals surface area contributed by atoms with Gasteiger partial charge in [0, 0.05) is 5.54 Å². The third kappa shape index (κ3) is 4.45. The molecule has 0 amide bonds. The molecular weight excluding hydrogens is 244 g/mol. The van der Waals surface area contributed by atoms with E-state index in [1.165, 1.54) is 24.6 Å². The van der Waals surface area contributed by atoms with Gasteiger partial charge in [0.1, 0.15) is 0 Å². The van der Waals surface area contributed by atoms with Gasteiger partial charge in [-0.1, -0.05) is 41.5 Å². The lowest BCUT2D eigenvalue weighted by Gasteiger charge is -2.44. The zero-order chi connectivity index (χ0) is 13.6. The van der Waals surface area contributed by atoms with E-state index in [1.807, 2.05) is 0 Å². The molecule has 2 N–H and O–H groups in total. The molecule has 0 aliphatic carbocycles. The van der Waals surface area contributed by atoms with Gasteiger partial charge in [0.15, 0.2) is 0 Å². The molecule has 0 saturated heterocycles. The molecule has 0 aliphatic heterocycles. The average molecular weight is 277 g/mol. The molecule has 0 rings (SSSR count). The lowest BCUT2D eigenvalue weighted by molar-refractivity contribution is 0.451. The minimum Gasteiger partial charge on any atom is -0.324 e. The SMILES string of the molecule is CCP(CC)C(C)C(C)(N)C(C)P(CC)CC. The third-order valence-electron chi connectivity index (χ3n) is 4.52. The summed E-state index contributed by atoms with van der Waals surface area (Å²) in [6, 6.07) is 0. The van der Waals surface area contributed by atoms with Crippen molar-refractivity contribution in [2.45, 2.75) is 65.3 Å². The third-order valence-corrected chi connectivity index (χ3v) is 11.1. The number of nitrogens with two attached hydrogens (primary N) is 1. The van der Waals surface area contributed by atoms with Crippen LogP contribution in [0.1, 0.15) is 48.5 Å². The van der Waals surface area contributed by atoms with E-state index in [2.05, 4.69) is 48.5 Å². The molecule has 2 unspecified atom stereocenters. The normalized spacial score (nSPS) is 19.4. The molecule has 0 aromatic carbocycles. The van der Waals surface area contributed by atoms with Gasteiger partial charge >= 0.3 is 0 Å². The predicted octanol–water partition coefficient (Wildman–Crippen LogP) is 4.52. The van der Waals surface area contributed by atoms with Crippen molar-refractivity contribution < 1.29 is 0 Å². The largest absolute Gasteiger partial charge is 0.324 e. The quantitative estimate of drug-likeness (QED) is 0.648. The van der Waals surface area contributed by atoms with Crippen molar-refractivity contribution in [1.29, 1.82) is 0 Å². The molecule has 3 heteroatoms. The van der Waals surface area contributed by atoms with Gasteiger partial charge in [-0.2, -0.15) is 0 Å². The van der Waals surface area contributed by atoms with Crippen molar-refractivity contribution in [3.63, 3.8) is 0 Å². The van der Waals surface area contributed by atoms with Crippen molar-refractivity contribution in [3.05, 3.63) is 0 Å². The topological polar surface area (TPSA) is 26.0 Å². The van der Waals surface area contributed by atoms with E-state index >= 15 is 0 Å². The molecule has 17 heavy (non-hydrogen) atoms. The molecule has 0 spiro atoms. The van der Waals surface area contributed by atoms with Crippen LogP contribution >= 0.6 is 15.8 Å². The van der Waals surface area contributed by atoms with Crippen LogP contribution in [0, 0.1) is 0 Å². The van der Waals surface area contributed by atoms with E-state index in [-0.39, 0.29) is 21.4 Å². The molecule has 2 atom stereocenters. The zero-order valence-electron chi connectivity index (χ0n) is 13.0. The number of hydrogen-bond acceptors (Lipinski definition) is 1. The van der Waals surface area contributed by atoms with Crippen LogP contribution in [0.2, 0.25) is 0 Å². The summed E-state index contributed by atoms with van der Waals surface area (Å²) >= 11 is 0. The summed E-state index contributed by atoms with van der Waals surface area (Å²) in [5.74, 6) is 0. The molecule has 0 aromatic heterocycles. The van der Waals surface area contributed by atoms with Crippen LogP contribution in [0.4, 0.5) is 0 Å². The molecule has 0 fully saturated rings. The highest BCUT2D eigenvalue weighted by Gasteiger charge is 2.38. The summed E-state index contributed by atoms with van der Waals surface area (Å²) in [7, 11) is 0.225. The molecule has 104 valence electrons. The van der Waals surface area contributed by atoms with Crippen LogP contribution in [-0.2, 0) is 0 Å². The lowest BCUT2D eigenvalue weighted by Crippen LogP contribution is -2.54. The zero-order valence-corrected chi connectivity index (χ0v) is 14.7. The van der Waals surface area contributed by atoms with Crippen molar-refractivity contribution >= 4 is 15.8 Å². The molecule has 1 nitrogen and oxygen atoms in total. The van der Waals surface area contributed by atoms with Crippen LogP contribution in [0.5, 0.6) is 0 Å². The number of rotatable bonds is 8. The summed E-state index contributed by atoms with van der Waals surface area (Å²) in [6.45, 7) is 16.4. The van der Waals surface area contributed by atoms with Crippen molar-refractivity contribution in [1.82, 2.24) is 0 Å². The van der Waals surface area contributed by atoms with Gasteiger partial charge in [-0.15, -0.1) is 15.8 Å². The van der Waals surface area contributed by atoms with Crippen molar-refractivity contribution in [2.24, 2.45) is 5.73 Å². The second-order valence-electron chi connectivity index (χ2n) is 5.16. The molecule has 0 radical (unpaired) electrons. The highest BCUT2D eigenvalue weighted by molar-refractivity contribution is 7.59. The van der Waals surface area contributed by atoms with E-state index in [1.54, 1.807) is 0 Å². The summed E-state index contributed by atoms with van der Waals surface area (Å²) in [5.41, 5.74) is 8.14. The highest BCUT2D eigenvalue weighted by Crippen LogP contribution is 2.52. The van der Waals surface area contributed by atoms with Crippen LogP contribution in [0.25, 0.3) is 0 Å². The van der Waals surface area contributed by atoms with E-state index in [0.717, 1.165) is 0 Å². The monoisotopic (exact) mass is 277 g/mol. The Balaban J connectivity index is 4.84. The standard InChI is InChI=1S/C14H33NP2/c1-8-16(9-2)12(5)14(7,15)13(6)17(10-3)11-4/h12-13H,8-11,15H2,1-7H3. The Morgan fingerprint density at radius 3 is 1.24 bits per heavy atom. The maximum absolute atomic E-state index is 6.74. The molecule has 0 saturated carbocycles. The molecule has 0 heterocycles. The molecule has 0 aliphatic rings. The van der Waals surface area contributed by atoms with Crippen LogP contribution in [0.3, 0.4) is 0 Å². The minimum atomic E-state index is 0.0233. The first-order chi connectivity index (χ1) is 7.86. The Labute approximate surface area is 112 Å². The first-order valence-corrected chi connectivity index (χ1v) is 10.7. The van der Waals surface area contributed by atoms with Crippen molar-refractivity contribution in [2.75, 3.05) is 24.6 Å². The summed E-state index contributed by atoms with van der Waals surface area (Å²) in [5, 5.41) is 0. The number of hydrogen-bond donors (Lipinski definition) is 1. The van der Waals surface area contributed by atoms with Gasteiger partial charge in [-0.25, -0.2) is 0 Å². The van der Waals surface area contributed by atoms with Gasteiger partial charge in [-0.3, -0.25) is 0 Å². The fraction of sp³-hybridized carbons (Fsp3) is 1.00. The Bertz CT molecular complexity index is 178. The summed E-state index contributed by atoms with van der Waals surface area (Å²) in [6.07, 6.45) is 5.29. The predicted molar refractivity (Wildman–Crippen MR) is 87.5 cm³/mol. The van der Waals surface area contributed by atoms with Crippen LogP contribution in [-0.4, -0.2) is 41.5 Å². The van der Waals surface area contributed by atoms with Crippen molar-refractivity contribution in [3.8, 4) is 0 Å². The smallest absolute Gasteiger partial charge is 0.0256 e. The average Bonchev–Trinajstić information content (AvgIpc) is 2.31. The van der Waals surface area contributed by atoms with E-state index in [4.69, 9.17) is 5.73 Å². The summed E-state index contributed by atoms with van der Waals surface area (Å²) in [4.78, 5) is 0. The maximum atomic E-state index is 6.74. The van der Waals surface area contributed by atoms with Gasteiger partial charge < -0.3 is 5.73 Å². The van der Waals surface area contributed by atoms with Gasteiger partial charge in [-0.05, 0) is 42.9 Å². The first kappa shape index (κ1) is 17.8. The fourth-order valence-corrected chi connectivity index (χ4v) is 7.90. The molecule has 0 aromatic rings. The highest BCUT2D eigenvalue weighted by atomic mass is 31.1. The Hall–Kier alpha value is 0.820. The van der Waals surface area contributed by atoms with Gasteiger partial charge in [0.2, 0.25) is 0 Å². The minimum absolute atomic E-state index is 0.0233. The second kappa shape index (κ2) is 8.08. The van der Waals surface area contributed by atoms with Crippen LogP contribution in [0.15, 0.2) is 0 Å². The fourth-order valence-electron chi connectivity index (χ4n) is 2.68. The molecular formula is C14H33NP2. The van der Waals surface area contributed by atoms with Crippen LogP contribution < -0.4 is 5.73 Å². The first-order valence-electron chi connectivity index (χ1n) is 7.13. The Kier molecular flexibility index (Phi) is 8.47. The van der Waals surface area contributed by atoms with E-state index in [0.29, 0.717) is 11.3 Å². The Morgan fingerprint density at radius 2 is 1.06 bits per heavy atom. The van der Waals surface area contributed by atoms with Gasteiger partial charge in [0.25, 0.3) is 0 Å². The lowest BCUT2D eigenvalue weighted by atomic mass is 9.96. The Morgan fingerprint density at radius 1 is 0.824 bits per heavy atom. The van der Waals surface area contributed by atoms with E-state index in [9.17, 15) is 0 Å². The second-order valence-corrected chi connectivity index (χ2v) is 11.6. The maximum Gasteiger partial charge on any atom is 0.0256 e. The molecule has 0 bridgehead atoms. The summed E-state index contributed by atoms with van der Waals surface area (Å²) < 4.78 is 0. The van der Waals surface area contributed by atoms with Gasteiger partial charge in [0.05, 0.1) is 0 Å².